The van der Waals surface area contributed by atoms with Crippen molar-refractivity contribution in [3.8, 4) is 5.75 Å². The second-order valence-corrected chi connectivity index (χ2v) is 7.84. The minimum absolute atomic E-state index is 0.00922. The first-order chi connectivity index (χ1) is 13.3. The average molecular weight is 444 g/mol. The molecule has 1 atom stereocenters. The number of nitrogens with one attached hydrogen (secondary N) is 1. The normalized spacial score (nSPS) is 12.2. The van der Waals surface area contributed by atoms with Crippen LogP contribution >= 0.6 is 15.9 Å². The fourth-order valence-corrected chi connectivity index (χ4v) is 3.30. The summed E-state index contributed by atoms with van der Waals surface area (Å²) >= 11 is 3.38. The van der Waals surface area contributed by atoms with Gasteiger partial charge in [0, 0.05) is 21.5 Å². The van der Waals surface area contributed by atoms with Crippen molar-refractivity contribution in [1.82, 2.24) is 5.32 Å². The van der Waals surface area contributed by atoms with Gasteiger partial charge in [0.2, 0.25) is 5.91 Å². The quantitative estimate of drug-likeness (QED) is 0.540. The fraction of sp³-hybridized carbons (Fsp3) is 0.273. The zero-order chi connectivity index (χ0) is 20.4. The van der Waals surface area contributed by atoms with E-state index < -0.39 is 5.92 Å². The standard InChI is InChI=1S/C22H22BrNO4/c1-12(2)24-22(26)13(3)21-19(20(25)14-5-7-15(23)8-6-14)17-11-16(27-4)9-10-18(17)28-21/h5-13H,1-4H3,(H,24,26). The van der Waals surface area contributed by atoms with Crippen LogP contribution < -0.4 is 10.1 Å². The zero-order valence-corrected chi connectivity index (χ0v) is 17.8. The second kappa shape index (κ2) is 8.19. The number of furan rings is 1. The molecule has 0 radical (unpaired) electrons. The Labute approximate surface area is 172 Å². The van der Waals surface area contributed by atoms with Crippen LogP contribution in [0.5, 0.6) is 5.75 Å². The Morgan fingerprint density at radius 2 is 1.75 bits per heavy atom. The number of methoxy groups -OCH3 is 1. The van der Waals surface area contributed by atoms with E-state index in [0.717, 1.165) is 4.47 Å². The molecule has 2 aromatic carbocycles. The Bertz CT molecular complexity index is 1020. The highest BCUT2D eigenvalue weighted by Crippen LogP contribution is 2.35. The maximum atomic E-state index is 13.4. The lowest BCUT2D eigenvalue weighted by Crippen LogP contribution is -2.33. The van der Waals surface area contributed by atoms with Crippen molar-refractivity contribution in [2.75, 3.05) is 7.11 Å². The second-order valence-electron chi connectivity index (χ2n) is 6.92. The van der Waals surface area contributed by atoms with E-state index in [1.165, 1.54) is 0 Å². The van der Waals surface area contributed by atoms with Gasteiger partial charge >= 0.3 is 0 Å². The minimum Gasteiger partial charge on any atom is -0.497 e. The van der Waals surface area contributed by atoms with Gasteiger partial charge < -0.3 is 14.5 Å². The largest absolute Gasteiger partial charge is 0.497 e. The van der Waals surface area contributed by atoms with Crippen LogP contribution in [0.15, 0.2) is 51.4 Å². The van der Waals surface area contributed by atoms with Crippen molar-refractivity contribution in [3.05, 3.63) is 63.8 Å². The maximum absolute atomic E-state index is 13.4. The molecule has 3 rings (SSSR count). The van der Waals surface area contributed by atoms with Gasteiger partial charge in [-0.15, -0.1) is 0 Å². The lowest BCUT2D eigenvalue weighted by atomic mass is 9.95. The third kappa shape index (κ3) is 3.97. The first-order valence-electron chi connectivity index (χ1n) is 9.03. The van der Waals surface area contributed by atoms with E-state index >= 15 is 0 Å². The van der Waals surface area contributed by atoms with Crippen LogP contribution in [-0.2, 0) is 4.79 Å². The number of hydrogen-bond acceptors (Lipinski definition) is 4. The number of benzene rings is 2. The molecule has 1 heterocycles. The van der Waals surface area contributed by atoms with E-state index in [0.29, 0.717) is 33.6 Å². The van der Waals surface area contributed by atoms with Gasteiger partial charge in [-0.25, -0.2) is 0 Å². The molecule has 0 fully saturated rings. The molecule has 0 spiro atoms. The first kappa shape index (κ1) is 20.1. The summed E-state index contributed by atoms with van der Waals surface area (Å²) in [6.45, 7) is 5.52. The van der Waals surface area contributed by atoms with Gasteiger partial charge in [0.25, 0.3) is 0 Å². The number of fused-ring (bicyclic) bond motifs is 1. The molecular formula is C22H22BrNO4. The summed E-state index contributed by atoms with van der Waals surface area (Å²) < 4.78 is 12.2. The van der Waals surface area contributed by atoms with Crippen molar-refractivity contribution < 1.29 is 18.7 Å². The Morgan fingerprint density at radius 1 is 1.07 bits per heavy atom. The van der Waals surface area contributed by atoms with Crippen LogP contribution in [0.4, 0.5) is 0 Å². The third-order valence-corrected chi connectivity index (χ3v) is 5.00. The molecule has 0 aliphatic heterocycles. The Hall–Kier alpha value is -2.60. The molecule has 146 valence electrons. The topological polar surface area (TPSA) is 68.5 Å². The molecule has 1 amide bonds. The molecule has 1 unspecified atom stereocenters. The number of ether oxygens (including phenoxy) is 1. The van der Waals surface area contributed by atoms with Gasteiger partial charge in [0.05, 0.1) is 18.6 Å². The van der Waals surface area contributed by atoms with Gasteiger partial charge in [-0.3, -0.25) is 9.59 Å². The molecule has 0 aliphatic carbocycles. The predicted octanol–water partition coefficient (Wildman–Crippen LogP) is 5.06. The molecule has 0 aliphatic rings. The van der Waals surface area contributed by atoms with Crippen LogP contribution in [0.1, 0.15) is 48.4 Å². The van der Waals surface area contributed by atoms with Crippen LogP contribution in [-0.4, -0.2) is 24.8 Å². The Morgan fingerprint density at radius 3 is 2.36 bits per heavy atom. The number of amides is 1. The van der Waals surface area contributed by atoms with Gasteiger partial charge in [-0.05, 0) is 63.2 Å². The van der Waals surface area contributed by atoms with Gasteiger partial charge in [0.1, 0.15) is 17.1 Å². The molecule has 0 saturated carbocycles. The van der Waals surface area contributed by atoms with Crippen molar-refractivity contribution in [2.24, 2.45) is 0 Å². The monoisotopic (exact) mass is 443 g/mol. The molecule has 0 bridgehead atoms. The molecule has 0 saturated heterocycles. The summed E-state index contributed by atoms with van der Waals surface area (Å²) in [7, 11) is 1.57. The molecule has 1 aromatic heterocycles. The SMILES string of the molecule is COc1ccc2oc(C(C)C(=O)NC(C)C)c(C(=O)c3ccc(Br)cc3)c2c1. The highest BCUT2D eigenvalue weighted by molar-refractivity contribution is 9.10. The van der Waals surface area contributed by atoms with E-state index in [4.69, 9.17) is 9.15 Å². The fourth-order valence-electron chi connectivity index (χ4n) is 3.04. The number of carbonyl (C=O) groups excluding carboxylic acids is 2. The van der Waals surface area contributed by atoms with Crippen molar-refractivity contribution in [3.63, 3.8) is 0 Å². The number of rotatable bonds is 6. The van der Waals surface area contributed by atoms with Crippen molar-refractivity contribution in [1.29, 1.82) is 0 Å². The summed E-state index contributed by atoms with van der Waals surface area (Å²) in [5, 5.41) is 3.51. The Kier molecular flexibility index (Phi) is 5.89. The van der Waals surface area contributed by atoms with E-state index in [1.54, 1.807) is 44.4 Å². The number of carbonyl (C=O) groups is 2. The summed E-state index contributed by atoms with van der Waals surface area (Å²) in [5.41, 5.74) is 1.45. The van der Waals surface area contributed by atoms with Crippen molar-refractivity contribution in [2.45, 2.75) is 32.7 Å². The van der Waals surface area contributed by atoms with Crippen LogP contribution in [0, 0.1) is 0 Å². The molecule has 6 heteroatoms. The van der Waals surface area contributed by atoms with E-state index in [1.807, 2.05) is 26.0 Å². The third-order valence-electron chi connectivity index (χ3n) is 4.47. The van der Waals surface area contributed by atoms with Crippen LogP contribution in [0.2, 0.25) is 0 Å². The summed E-state index contributed by atoms with van der Waals surface area (Å²) in [6.07, 6.45) is 0. The number of ketones is 1. The average Bonchev–Trinajstić information content (AvgIpc) is 3.05. The first-order valence-corrected chi connectivity index (χ1v) is 9.82. The highest BCUT2D eigenvalue weighted by Gasteiger charge is 2.29. The lowest BCUT2D eigenvalue weighted by Gasteiger charge is -2.14. The lowest BCUT2D eigenvalue weighted by molar-refractivity contribution is -0.123. The summed E-state index contributed by atoms with van der Waals surface area (Å²) in [4.78, 5) is 26.0. The minimum atomic E-state index is -0.616. The highest BCUT2D eigenvalue weighted by atomic mass is 79.9. The van der Waals surface area contributed by atoms with E-state index in [2.05, 4.69) is 21.2 Å². The smallest absolute Gasteiger partial charge is 0.230 e. The summed E-state index contributed by atoms with van der Waals surface area (Å²) in [6, 6.07) is 12.4. The molecule has 28 heavy (non-hydrogen) atoms. The van der Waals surface area contributed by atoms with Crippen molar-refractivity contribution >= 4 is 38.6 Å². The zero-order valence-electron chi connectivity index (χ0n) is 16.2. The Balaban J connectivity index is 2.17. The molecule has 1 N–H and O–H groups in total. The molecule has 5 nitrogen and oxygen atoms in total. The maximum Gasteiger partial charge on any atom is 0.230 e. The van der Waals surface area contributed by atoms with Gasteiger partial charge in [0.15, 0.2) is 5.78 Å². The number of halogens is 1. The van der Waals surface area contributed by atoms with Crippen LogP contribution in [0.3, 0.4) is 0 Å². The molecule has 3 aromatic rings. The van der Waals surface area contributed by atoms with E-state index in [9.17, 15) is 9.59 Å². The molecular weight excluding hydrogens is 422 g/mol. The number of hydrogen-bond donors (Lipinski definition) is 1. The van der Waals surface area contributed by atoms with Gasteiger partial charge in [-0.2, -0.15) is 0 Å². The predicted molar refractivity (Wildman–Crippen MR) is 112 cm³/mol. The van der Waals surface area contributed by atoms with E-state index in [-0.39, 0.29) is 17.7 Å². The van der Waals surface area contributed by atoms with Gasteiger partial charge in [-0.1, -0.05) is 15.9 Å². The van der Waals surface area contributed by atoms with Crippen LogP contribution in [0.25, 0.3) is 11.0 Å². The summed E-state index contributed by atoms with van der Waals surface area (Å²) in [5.74, 6) is -0.0296.